The van der Waals surface area contributed by atoms with Gasteiger partial charge in [0.15, 0.2) is 5.69 Å². The lowest BCUT2D eigenvalue weighted by Crippen LogP contribution is -2.42. The minimum Gasteiger partial charge on any atom is -0.481 e. The van der Waals surface area contributed by atoms with E-state index in [1.54, 1.807) is 11.0 Å². The number of hydrogen-bond donors (Lipinski definition) is 1. The van der Waals surface area contributed by atoms with Crippen molar-refractivity contribution in [3.8, 4) is 0 Å². The summed E-state index contributed by atoms with van der Waals surface area (Å²) in [5, 5.41) is 12.8. The molecule has 6 heteroatoms. The molecular weight excluding hydrogens is 248 g/mol. The van der Waals surface area contributed by atoms with Gasteiger partial charge in [-0.15, -0.1) is 0 Å². The topological polar surface area (TPSA) is 83.6 Å². The third-order valence-electron chi connectivity index (χ3n) is 3.37. The maximum atomic E-state index is 12.2. The largest absolute Gasteiger partial charge is 0.481 e. The first kappa shape index (κ1) is 13.6. The number of aliphatic carboxylic acids is 1. The number of hydrogen-bond acceptors (Lipinski definition) is 4. The molecule has 1 amide bonds. The predicted octanol–water partition coefficient (Wildman–Crippen LogP) is 1.73. The highest BCUT2D eigenvalue weighted by atomic mass is 16.5. The zero-order valence-electron chi connectivity index (χ0n) is 11.1. The molecule has 0 aliphatic carbocycles. The lowest BCUT2D eigenvalue weighted by atomic mass is 9.98. The lowest BCUT2D eigenvalue weighted by Gasteiger charge is -2.29. The van der Waals surface area contributed by atoms with E-state index in [9.17, 15) is 9.59 Å². The van der Waals surface area contributed by atoms with E-state index in [0.717, 1.165) is 0 Å². The lowest BCUT2D eigenvalue weighted by molar-refractivity contribution is -0.143. The van der Waals surface area contributed by atoms with Crippen molar-refractivity contribution < 1.29 is 19.2 Å². The maximum absolute atomic E-state index is 12.2. The molecule has 0 radical (unpaired) electrons. The Balaban J connectivity index is 2.08. The number of likely N-dealkylation sites (tertiary alicyclic amines) is 1. The normalized spacial score (nSPS) is 19.7. The van der Waals surface area contributed by atoms with Crippen molar-refractivity contribution in [2.45, 2.75) is 32.6 Å². The van der Waals surface area contributed by atoms with Crippen LogP contribution in [0.5, 0.6) is 0 Å². The molecule has 2 heterocycles. The van der Waals surface area contributed by atoms with Gasteiger partial charge in [0.05, 0.1) is 5.92 Å². The molecule has 0 bridgehead atoms. The van der Waals surface area contributed by atoms with Gasteiger partial charge in [-0.05, 0) is 12.8 Å². The summed E-state index contributed by atoms with van der Waals surface area (Å²) in [6, 6.07) is 1.64. The van der Waals surface area contributed by atoms with Crippen molar-refractivity contribution in [2.24, 2.45) is 5.92 Å². The molecule has 0 unspecified atom stereocenters. The third-order valence-corrected chi connectivity index (χ3v) is 3.37. The van der Waals surface area contributed by atoms with E-state index in [-0.39, 0.29) is 24.1 Å². The Morgan fingerprint density at radius 2 is 2.26 bits per heavy atom. The van der Waals surface area contributed by atoms with Crippen LogP contribution in [0.4, 0.5) is 0 Å². The monoisotopic (exact) mass is 266 g/mol. The number of carboxylic acids is 1. The number of amides is 1. The average Bonchev–Trinajstić information content (AvgIpc) is 2.87. The van der Waals surface area contributed by atoms with Gasteiger partial charge in [0, 0.05) is 25.1 Å². The number of carbonyl (C=O) groups excluding carboxylic acids is 1. The summed E-state index contributed by atoms with van der Waals surface area (Å²) < 4.78 is 5.10. The number of carboxylic acid groups (broad SMARTS) is 1. The number of rotatable bonds is 3. The summed E-state index contributed by atoms with van der Waals surface area (Å²) in [6.45, 7) is 4.73. The summed E-state index contributed by atoms with van der Waals surface area (Å²) >= 11 is 0. The highest BCUT2D eigenvalue weighted by molar-refractivity contribution is 5.92. The van der Waals surface area contributed by atoms with Crippen LogP contribution in [-0.2, 0) is 4.79 Å². The van der Waals surface area contributed by atoms with Crippen molar-refractivity contribution in [1.29, 1.82) is 0 Å². The molecule has 1 aliphatic heterocycles. The molecule has 6 nitrogen and oxygen atoms in total. The van der Waals surface area contributed by atoms with E-state index in [0.29, 0.717) is 25.1 Å². The van der Waals surface area contributed by atoms with Gasteiger partial charge in [0.1, 0.15) is 5.76 Å². The minimum absolute atomic E-state index is 0.169. The van der Waals surface area contributed by atoms with Crippen molar-refractivity contribution in [1.82, 2.24) is 10.1 Å². The van der Waals surface area contributed by atoms with E-state index < -0.39 is 11.9 Å². The Labute approximate surface area is 111 Å². The fourth-order valence-corrected chi connectivity index (χ4v) is 2.19. The number of carbonyl (C=O) groups is 2. The fourth-order valence-electron chi connectivity index (χ4n) is 2.19. The van der Waals surface area contributed by atoms with Crippen molar-refractivity contribution in [2.75, 3.05) is 13.1 Å². The average molecular weight is 266 g/mol. The Bertz CT molecular complexity index is 481. The van der Waals surface area contributed by atoms with E-state index in [2.05, 4.69) is 5.16 Å². The number of piperidine rings is 1. The first-order chi connectivity index (χ1) is 8.99. The third kappa shape index (κ3) is 2.94. The highest BCUT2D eigenvalue weighted by Crippen LogP contribution is 2.20. The van der Waals surface area contributed by atoms with Crippen LogP contribution in [-0.4, -0.2) is 40.1 Å². The molecule has 1 atom stereocenters. The maximum Gasteiger partial charge on any atom is 0.308 e. The molecule has 1 saturated heterocycles. The molecule has 1 aliphatic rings. The van der Waals surface area contributed by atoms with E-state index in [1.165, 1.54) is 0 Å². The van der Waals surface area contributed by atoms with Gasteiger partial charge in [-0.25, -0.2) is 0 Å². The summed E-state index contributed by atoms with van der Waals surface area (Å²) in [6.07, 6.45) is 1.33. The smallest absolute Gasteiger partial charge is 0.308 e. The second-order valence-corrected chi connectivity index (χ2v) is 5.20. The standard InChI is InChI=1S/C13H18N2O4/c1-8(2)11-6-10(14-19-11)12(16)15-5-3-4-9(7-15)13(17)18/h6,8-9H,3-5,7H2,1-2H3,(H,17,18)/t9-/m0/s1. The van der Waals surface area contributed by atoms with Crippen LogP contribution in [0.1, 0.15) is 48.9 Å². The molecule has 1 fully saturated rings. The second-order valence-electron chi connectivity index (χ2n) is 5.20. The first-order valence-electron chi connectivity index (χ1n) is 6.47. The van der Waals surface area contributed by atoms with E-state index in [1.807, 2.05) is 13.8 Å². The Morgan fingerprint density at radius 3 is 2.84 bits per heavy atom. The van der Waals surface area contributed by atoms with Gasteiger partial charge < -0.3 is 14.5 Å². The van der Waals surface area contributed by atoms with Crippen molar-refractivity contribution >= 4 is 11.9 Å². The van der Waals surface area contributed by atoms with Crippen LogP contribution in [0.2, 0.25) is 0 Å². The fraction of sp³-hybridized carbons (Fsp3) is 0.615. The van der Waals surface area contributed by atoms with Crippen LogP contribution in [0, 0.1) is 5.92 Å². The van der Waals surface area contributed by atoms with Crippen LogP contribution >= 0.6 is 0 Å². The molecule has 2 rings (SSSR count). The summed E-state index contributed by atoms with van der Waals surface area (Å²) in [7, 11) is 0. The molecule has 0 saturated carbocycles. The van der Waals surface area contributed by atoms with Gasteiger partial charge in [-0.2, -0.15) is 0 Å². The van der Waals surface area contributed by atoms with Gasteiger partial charge in [-0.1, -0.05) is 19.0 Å². The quantitative estimate of drug-likeness (QED) is 0.900. The van der Waals surface area contributed by atoms with E-state index >= 15 is 0 Å². The SMILES string of the molecule is CC(C)c1cc(C(=O)N2CCC[C@H](C(=O)O)C2)no1. The summed E-state index contributed by atoms with van der Waals surface area (Å²) in [5.41, 5.74) is 0.259. The van der Waals surface area contributed by atoms with Crippen LogP contribution < -0.4 is 0 Å². The second kappa shape index (κ2) is 5.42. The van der Waals surface area contributed by atoms with E-state index in [4.69, 9.17) is 9.63 Å². The summed E-state index contributed by atoms with van der Waals surface area (Å²) in [5.74, 6) is -0.742. The van der Waals surface area contributed by atoms with Crippen LogP contribution in [0.3, 0.4) is 0 Å². The number of aromatic nitrogens is 1. The van der Waals surface area contributed by atoms with Crippen LogP contribution in [0.15, 0.2) is 10.6 Å². The Morgan fingerprint density at radius 1 is 1.53 bits per heavy atom. The molecule has 0 aromatic carbocycles. The van der Waals surface area contributed by atoms with Crippen LogP contribution in [0.25, 0.3) is 0 Å². The van der Waals surface area contributed by atoms with Gasteiger partial charge in [0.25, 0.3) is 5.91 Å². The number of nitrogens with zero attached hydrogens (tertiary/aromatic N) is 2. The Hall–Kier alpha value is -1.85. The van der Waals surface area contributed by atoms with Gasteiger partial charge >= 0.3 is 5.97 Å². The molecule has 1 aromatic rings. The zero-order valence-corrected chi connectivity index (χ0v) is 11.1. The molecule has 19 heavy (non-hydrogen) atoms. The van der Waals surface area contributed by atoms with Gasteiger partial charge in [0.2, 0.25) is 0 Å². The highest BCUT2D eigenvalue weighted by Gasteiger charge is 2.30. The van der Waals surface area contributed by atoms with Crippen molar-refractivity contribution in [3.63, 3.8) is 0 Å². The minimum atomic E-state index is -0.847. The molecule has 104 valence electrons. The zero-order chi connectivity index (χ0) is 14.0. The molecule has 1 aromatic heterocycles. The first-order valence-corrected chi connectivity index (χ1v) is 6.47. The predicted molar refractivity (Wildman–Crippen MR) is 66.9 cm³/mol. The molecule has 0 spiro atoms. The Kier molecular flexibility index (Phi) is 3.87. The molecular formula is C13H18N2O4. The summed E-state index contributed by atoms with van der Waals surface area (Å²) in [4.78, 5) is 24.7. The van der Waals surface area contributed by atoms with Crippen molar-refractivity contribution in [3.05, 3.63) is 17.5 Å². The molecule has 1 N–H and O–H groups in total. The van der Waals surface area contributed by atoms with Gasteiger partial charge in [-0.3, -0.25) is 9.59 Å².